The van der Waals surface area contributed by atoms with Gasteiger partial charge in [-0.2, -0.15) is 0 Å². The minimum Gasteiger partial charge on any atom is -0.316 e. The topological polar surface area (TPSA) is 15.3 Å². The summed E-state index contributed by atoms with van der Waals surface area (Å²) in [6, 6.07) is 8.89. The third kappa shape index (κ3) is 5.33. The van der Waals surface area contributed by atoms with Crippen molar-refractivity contribution in [2.24, 2.45) is 5.92 Å². The van der Waals surface area contributed by atoms with Crippen molar-refractivity contribution < 1.29 is 0 Å². The lowest BCUT2D eigenvalue weighted by atomic mass is 10.1. The Morgan fingerprint density at radius 2 is 1.76 bits per heavy atom. The van der Waals surface area contributed by atoms with E-state index in [9.17, 15) is 0 Å². The highest BCUT2D eigenvalue weighted by Gasteiger charge is 2.05. The van der Waals surface area contributed by atoms with Crippen molar-refractivity contribution in [1.29, 1.82) is 0 Å². The molecule has 2 heteroatoms. The van der Waals surface area contributed by atoms with Gasteiger partial charge in [-0.15, -0.1) is 0 Å². The standard InChI is InChI=1S/C15H26N2/c1-5-13(2)11-17(4)12-15-8-6-14(7-9-15)10-16-3/h6-9,13,16H,5,10-12H2,1-4H3. The number of hydrogen-bond acceptors (Lipinski definition) is 2. The summed E-state index contributed by atoms with van der Waals surface area (Å²) in [7, 11) is 4.18. The summed E-state index contributed by atoms with van der Waals surface area (Å²) in [5, 5.41) is 3.17. The fraction of sp³-hybridized carbons (Fsp3) is 0.600. The average molecular weight is 234 g/mol. The number of nitrogens with zero attached hydrogens (tertiary/aromatic N) is 1. The molecule has 0 radical (unpaired) electrons. The van der Waals surface area contributed by atoms with Crippen LogP contribution in [0.4, 0.5) is 0 Å². The molecule has 0 saturated heterocycles. The molecule has 1 aromatic carbocycles. The summed E-state index contributed by atoms with van der Waals surface area (Å²) in [5.74, 6) is 0.781. The molecule has 0 spiro atoms. The molecule has 17 heavy (non-hydrogen) atoms. The van der Waals surface area contributed by atoms with Gasteiger partial charge in [0.25, 0.3) is 0 Å². The molecule has 96 valence electrons. The second-order valence-corrected chi connectivity index (χ2v) is 5.06. The van der Waals surface area contributed by atoms with E-state index in [0.29, 0.717) is 0 Å². The van der Waals surface area contributed by atoms with Gasteiger partial charge in [0.1, 0.15) is 0 Å². The van der Waals surface area contributed by atoms with Gasteiger partial charge in [-0.25, -0.2) is 0 Å². The van der Waals surface area contributed by atoms with E-state index >= 15 is 0 Å². The van der Waals surface area contributed by atoms with Crippen LogP contribution in [0.5, 0.6) is 0 Å². The number of nitrogens with one attached hydrogen (secondary N) is 1. The van der Waals surface area contributed by atoms with Crippen LogP contribution < -0.4 is 5.32 Å². The Balaban J connectivity index is 2.45. The molecule has 0 saturated carbocycles. The summed E-state index contributed by atoms with van der Waals surface area (Å²) in [4.78, 5) is 2.40. The predicted molar refractivity (Wildman–Crippen MR) is 75.0 cm³/mol. The van der Waals surface area contributed by atoms with Gasteiger partial charge in [-0.3, -0.25) is 0 Å². The Hall–Kier alpha value is -0.860. The lowest BCUT2D eigenvalue weighted by Gasteiger charge is -2.20. The zero-order valence-corrected chi connectivity index (χ0v) is 11.7. The van der Waals surface area contributed by atoms with Gasteiger partial charge in [-0.05, 0) is 31.1 Å². The Morgan fingerprint density at radius 1 is 1.18 bits per heavy atom. The van der Waals surface area contributed by atoms with Gasteiger partial charge in [0.2, 0.25) is 0 Å². The van der Waals surface area contributed by atoms with Gasteiger partial charge in [0, 0.05) is 19.6 Å². The third-order valence-corrected chi connectivity index (χ3v) is 3.18. The highest BCUT2D eigenvalue weighted by Crippen LogP contribution is 2.09. The monoisotopic (exact) mass is 234 g/mol. The summed E-state index contributed by atoms with van der Waals surface area (Å²) in [6.45, 7) is 7.74. The summed E-state index contributed by atoms with van der Waals surface area (Å²) < 4.78 is 0. The molecule has 0 aliphatic carbocycles. The maximum Gasteiger partial charge on any atom is 0.0230 e. The second-order valence-electron chi connectivity index (χ2n) is 5.06. The highest BCUT2D eigenvalue weighted by atomic mass is 15.1. The Labute approximate surface area is 106 Å². The lowest BCUT2D eigenvalue weighted by molar-refractivity contribution is 0.275. The molecule has 1 unspecified atom stereocenters. The van der Waals surface area contributed by atoms with Gasteiger partial charge < -0.3 is 10.2 Å². The SMILES string of the molecule is CCC(C)CN(C)Cc1ccc(CNC)cc1. The first-order valence-corrected chi connectivity index (χ1v) is 6.56. The molecule has 0 fully saturated rings. The molecule has 0 aliphatic rings. The van der Waals surface area contributed by atoms with E-state index in [1.54, 1.807) is 0 Å². The Kier molecular flexibility index (Phi) is 6.23. The minimum atomic E-state index is 0.781. The van der Waals surface area contributed by atoms with Crippen LogP contribution in [-0.2, 0) is 13.1 Å². The first-order chi connectivity index (χ1) is 8.15. The third-order valence-electron chi connectivity index (χ3n) is 3.18. The molecule has 1 rings (SSSR count). The molecule has 0 heterocycles. The van der Waals surface area contributed by atoms with Crippen molar-refractivity contribution in [3.63, 3.8) is 0 Å². The molecule has 0 bridgehead atoms. The van der Waals surface area contributed by atoms with E-state index in [4.69, 9.17) is 0 Å². The van der Waals surface area contributed by atoms with Crippen molar-refractivity contribution in [3.05, 3.63) is 35.4 Å². The van der Waals surface area contributed by atoms with Gasteiger partial charge in [0.15, 0.2) is 0 Å². The zero-order chi connectivity index (χ0) is 12.7. The van der Waals surface area contributed by atoms with Crippen molar-refractivity contribution in [3.8, 4) is 0 Å². The fourth-order valence-electron chi connectivity index (χ4n) is 2.00. The summed E-state index contributed by atoms with van der Waals surface area (Å²) in [6.07, 6.45) is 1.26. The fourth-order valence-corrected chi connectivity index (χ4v) is 2.00. The van der Waals surface area contributed by atoms with Crippen LogP contribution in [0.3, 0.4) is 0 Å². The lowest BCUT2D eigenvalue weighted by Crippen LogP contribution is -2.23. The number of rotatable bonds is 7. The van der Waals surface area contributed by atoms with Crippen LogP contribution in [0, 0.1) is 5.92 Å². The largest absolute Gasteiger partial charge is 0.316 e. The molecule has 1 aromatic rings. The molecular formula is C15H26N2. The van der Waals surface area contributed by atoms with E-state index < -0.39 is 0 Å². The van der Waals surface area contributed by atoms with Gasteiger partial charge in [-0.1, -0.05) is 44.5 Å². The van der Waals surface area contributed by atoms with Crippen molar-refractivity contribution in [1.82, 2.24) is 10.2 Å². The molecule has 1 N–H and O–H groups in total. The van der Waals surface area contributed by atoms with E-state index in [1.165, 1.54) is 24.1 Å². The van der Waals surface area contributed by atoms with Crippen molar-refractivity contribution in [2.75, 3.05) is 20.6 Å². The number of benzene rings is 1. The summed E-state index contributed by atoms with van der Waals surface area (Å²) in [5.41, 5.74) is 2.75. The van der Waals surface area contributed by atoms with E-state index in [1.807, 2.05) is 7.05 Å². The maximum atomic E-state index is 3.17. The Bertz CT molecular complexity index is 305. The van der Waals surface area contributed by atoms with Gasteiger partial charge in [0.05, 0.1) is 0 Å². The van der Waals surface area contributed by atoms with E-state index in [2.05, 4.69) is 55.4 Å². The van der Waals surface area contributed by atoms with E-state index in [-0.39, 0.29) is 0 Å². The molecule has 0 aliphatic heterocycles. The van der Waals surface area contributed by atoms with Crippen LogP contribution in [0.15, 0.2) is 24.3 Å². The molecule has 0 amide bonds. The molecule has 2 nitrogen and oxygen atoms in total. The maximum absolute atomic E-state index is 3.17. The van der Waals surface area contributed by atoms with Crippen LogP contribution in [-0.4, -0.2) is 25.5 Å². The van der Waals surface area contributed by atoms with Crippen LogP contribution >= 0.6 is 0 Å². The van der Waals surface area contributed by atoms with Crippen LogP contribution in [0.1, 0.15) is 31.4 Å². The highest BCUT2D eigenvalue weighted by molar-refractivity contribution is 5.22. The van der Waals surface area contributed by atoms with Crippen molar-refractivity contribution in [2.45, 2.75) is 33.4 Å². The zero-order valence-electron chi connectivity index (χ0n) is 11.7. The molecule has 0 aromatic heterocycles. The normalized spacial score (nSPS) is 13.0. The average Bonchev–Trinajstić information content (AvgIpc) is 2.31. The Morgan fingerprint density at radius 3 is 2.29 bits per heavy atom. The van der Waals surface area contributed by atoms with Crippen LogP contribution in [0.2, 0.25) is 0 Å². The quantitative estimate of drug-likeness (QED) is 0.780. The first kappa shape index (κ1) is 14.2. The smallest absolute Gasteiger partial charge is 0.0230 e. The number of hydrogen-bond donors (Lipinski definition) is 1. The first-order valence-electron chi connectivity index (χ1n) is 6.56. The predicted octanol–water partition coefficient (Wildman–Crippen LogP) is 2.88. The molecule has 1 atom stereocenters. The van der Waals surface area contributed by atoms with Crippen LogP contribution in [0.25, 0.3) is 0 Å². The van der Waals surface area contributed by atoms with Crippen molar-refractivity contribution >= 4 is 0 Å². The van der Waals surface area contributed by atoms with E-state index in [0.717, 1.165) is 19.0 Å². The summed E-state index contributed by atoms with van der Waals surface area (Å²) >= 11 is 0. The molecular weight excluding hydrogens is 208 g/mol. The minimum absolute atomic E-state index is 0.781. The second kappa shape index (κ2) is 7.46. The van der Waals surface area contributed by atoms with Gasteiger partial charge >= 0.3 is 0 Å².